The van der Waals surface area contributed by atoms with Crippen LogP contribution in [0.2, 0.25) is 5.02 Å². The van der Waals surface area contributed by atoms with Crippen molar-refractivity contribution in [3.63, 3.8) is 0 Å². The van der Waals surface area contributed by atoms with Crippen LogP contribution in [0.3, 0.4) is 0 Å². The minimum absolute atomic E-state index is 0.0431. The summed E-state index contributed by atoms with van der Waals surface area (Å²) in [5.41, 5.74) is 1.56. The Hall–Kier alpha value is -1.12. The highest BCUT2D eigenvalue weighted by atomic mass is 35.5. The van der Waals surface area contributed by atoms with Gasteiger partial charge in [0.05, 0.1) is 31.0 Å². The van der Waals surface area contributed by atoms with Crippen LogP contribution in [-0.2, 0) is 11.2 Å². The lowest BCUT2D eigenvalue weighted by Gasteiger charge is -2.26. The monoisotopic (exact) mass is 350 g/mol. The van der Waals surface area contributed by atoms with Crippen LogP contribution in [0.4, 0.5) is 0 Å². The van der Waals surface area contributed by atoms with Gasteiger partial charge < -0.3 is 9.84 Å². The molecule has 4 nitrogen and oxygen atoms in total. The average molecular weight is 351 g/mol. The molecule has 1 saturated heterocycles. The van der Waals surface area contributed by atoms with Crippen molar-refractivity contribution in [3.05, 3.63) is 34.3 Å². The van der Waals surface area contributed by atoms with E-state index in [2.05, 4.69) is 31.7 Å². The summed E-state index contributed by atoms with van der Waals surface area (Å²) >= 11 is 6.09. The van der Waals surface area contributed by atoms with Crippen molar-refractivity contribution in [1.29, 1.82) is 5.26 Å². The topological polar surface area (TPSA) is 56.5 Å². The lowest BCUT2D eigenvalue weighted by molar-refractivity contribution is 0.0435. The van der Waals surface area contributed by atoms with Gasteiger partial charge in [0.25, 0.3) is 0 Å². The molecule has 0 aromatic heterocycles. The number of nitriles is 1. The Morgan fingerprint density at radius 3 is 2.75 bits per heavy atom. The molecule has 0 radical (unpaired) electrons. The standard InChI is InChI=1S/C19H27ClN2O2/c1-13(2)24-12-17-10-22(9-14(17)3)19(11-23)7-15-4-16(8-21)6-18(20)5-15/h4-6,13-14,17,19,23H,7,9-12H2,1-3H3. The van der Waals surface area contributed by atoms with Gasteiger partial charge in [0.1, 0.15) is 0 Å². The lowest BCUT2D eigenvalue weighted by atomic mass is 9.99. The van der Waals surface area contributed by atoms with Gasteiger partial charge in [-0.1, -0.05) is 18.5 Å². The summed E-state index contributed by atoms with van der Waals surface area (Å²) in [5.74, 6) is 1.04. The maximum atomic E-state index is 9.86. The van der Waals surface area contributed by atoms with E-state index >= 15 is 0 Å². The molecule has 5 heteroatoms. The molecule has 0 aliphatic carbocycles. The summed E-state index contributed by atoms with van der Waals surface area (Å²) < 4.78 is 5.78. The van der Waals surface area contributed by atoms with Gasteiger partial charge in [-0.25, -0.2) is 0 Å². The van der Waals surface area contributed by atoms with Gasteiger partial charge in [0, 0.05) is 24.2 Å². The van der Waals surface area contributed by atoms with Crippen LogP contribution >= 0.6 is 11.6 Å². The first-order valence-electron chi connectivity index (χ1n) is 8.59. The molecule has 1 N–H and O–H groups in total. The molecule has 0 spiro atoms. The van der Waals surface area contributed by atoms with Gasteiger partial charge in [-0.15, -0.1) is 0 Å². The number of benzene rings is 1. The van der Waals surface area contributed by atoms with Crippen molar-refractivity contribution in [3.8, 4) is 6.07 Å². The van der Waals surface area contributed by atoms with E-state index in [0.717, 1.165) is 25.3 Å². The van der Waals surface area contributed by atoms with Crippen LogP contribution in [0.25, 0.3) is 0 Å². The number of aliphatic hydroxyl groups is 1. The van der Waals surface area contributed by atoms with Crippen molar-refractivity contribution in [1.82, 2.24) is 4.90 Å². The van der Waals surface area contributed by atoms with Crippen molar-refractivity contribution >= 4 is 11.6 Å². The highest BCUT2D eigenvalue weighted by Crippen LogP contribution is 2.27. The number of hydrogen-bond acceptors (Lipinski definition) is 4. The molecule has 0 saturated carbocycles. The smallest absolute Gasteiger partial charge is 0.0992 e. The zero-order valence-corrected chi connectivity index (χ0v) is 15.5. The van der Waals surface area contributed by atoms with Crippen LogP contribution in [0.5, 0.6) is 0 Å². The predicted molar refractivity (Wildman–Crippen MR) is 96.1 cm³/mol. The molecule has 2 rings (SSSR count). The largest absolute Gasteiger partial charge is 0.395 e. The van der Waals surface area contributed by atoms with Gasteiger partial charge in [-0.2, -0.15) is 5.26 Å². The number of rotatable bonds is 7. The number of halogens is 1. The maximum absolute atomic E-state index is 9.86. The van der Waals surface area contributed by atoms with Crippen molar-refractivity contribution in [2.75, 3.05) is 26.3 Å². The average Bonchev–Trinajstić information content (AvgIpc) is 2.90. The molecule has 1 aliphatic rings. The molecule has 1 heterocycles. The number of aliphatic hydroxyl groups excluding tert-OH is 1. The minimum Gasteiger partial charge on any atom is -0.395 e. The zero-order valence-electron chi connectivity index (χ0n) is 14.7. The highest BCUT2D eigenvalue weighted by molar-refractivity contribution is 6.30. The van der Waals surface area contributed by atoms with Crippen LogP contribution in [0.1, 0.15) is 31.9 Å². The molecular formula is C19H27ClN2O2. The van der Waals surface area contributed by atoms with Crippen LogP contribution in [0, 0.1) is 23.2 Å². The second-order valence-corrected chi connectivity index (χ2v) is 7.51. The Morgan fingerprint density at radius 2 is 2.12 bits per heavy atom. The third-order valence-corrected chi connectivity index (χ3v) is 4.94. The van der Waals surface area contributed by atoms with E-state index in [1.807, 2.05) is 12.1 Å². The van der Waals surface area contributed by atoms with E-state index in [4.69, 9.17) is 21.6 Å². The summed E-state index contributed by atoms with van der Waals surface area (Å²) in [6.07, 6.45) is 0.937. The molecule has 132 valence electrons. The van der Waals surface area contributed by atoms with Gasteiger partial charge in [0.15, 0.2) is 0 Å². The molecule has 3 unspecified atom stereocenters. The summed E-state index contributed by atoms with van der Waals surface area (Å²) in [6, 6.07) is 7.57. The Bertz CT molecular complexity index is 585. The van der Waals surface area contributed by atoms with E-state index < -0.39 is 0 Å². The fourth-order valence-electron chi connectivity index (χ4n) is 3.32. The van der Waals surface area contributed by atoms with Gasteiger partial charge in [-0.05, 0) is 55.9 Å². The molecule has 1 fully saturated rings. The van der Waals surface area contributed by atoms with E-state index in [9.17, 15) is 5.11 Å². The van der Waals surface area contributed by atoms with E-state index in [1.165, 1.54) is 0 Å². The van der Waals surface area contributed by atoms with Gasteiger partial charge in [-0.3, -0.25) is 4.90 Å². The second-order valence-electron chi connectivity index (χ2n) is 7.07. The molecule has 1 aliphatic heterocycles. The normalized spacial score (nSPS) is 22.7. The fourth-order valence-corrected chi connectivity index (χ4v) is 3.58. The molecule has 24 heavy (non-hydrogen) atoms. The Kier molecular flexibility index (Phi) is 7.06. The summed E-state index contributed by atoms with van der Waals surface area (Å²) in [6.45, 7) is 9.12. The summed E-state index contributed by atoms with van der Waals surface area (Å²) in [5, 5.41) is 19.5. The number of hydrogen-bond donors (Lipinski definition) is 1. The van der Waals surface area contributed by atoms with Crippen LogP contribution < -0.4 is 0 Å². The van der Waals surface area contributed by atoms with E-state index in [0.29, 0.717) is 28.8 Å². The zero-order chi connectivity index (χ0) is 17.7. The first-order chi connectivity index (χ1) is 11.4. The molecule has 1 aromatic carbocycles. The van der Waals surface area contributed by atoms with Crippen molar-refractivity contribution in [2.45, 2.75) is 39.3 Å². The maximum Gasteiger partial charge on any atom is 0.0992 e. The van der Waals surface area contributed by atoms with Gasteiger partial charge in [0.2, 0.25) is 0 Å². The van der Waals surface area contributed by atoms with Gasteiger partial charge >= 0.3 is 0 Å². The summed E-state index contributed by atoms with van der Waals surface area (Å²) in [4.78, 5) is 2.34. The first kappa shape index (κ1) is 19.2. The number of likely N-dealkylation sites (tertiary alicyclic amines) is 1. The number of nitrogens with zero attached hydrogens (tertiary/aromatic N) is 2. The Morgan fingerprint density at radius 1 is 1.38 bits per heavy atom. The lowest BCUT2D eigenvalue weighted by Crippen LogP contribution is -2.38. The summed E-state index contributed by atoms with van der Waals surface area (Å²) in [7, 11) is 0. The predicted octanol–water partition coefficient (Wildman–Crippen LogP) is 3.11. The third kappa shape index (κ3) is 5.19. The highest BCUT2D eigenvalue weighted by Gasteiger charge is 2.33. The van der Waals surface area contributed by atoms with Crippen molar-refractivity contribution < 1.29 is 9.84 Å². The van der Waals surface area contributed by atoms with Crippen molar-refractivity contribution in [2.24, 2.45) is 11.8 Å². The number of ether oxygens (including phenoxy) is 1. The quantitative estimate of drug-likeness (QED) is 0.821. The molecule has 0 amide bonds. The van der Waals surface area contributed by atoms with Crippen LogP contribution in [0.15, 0.2) is 18.2 Å². The molecule has 3 atom stereocenters. The molecule has 1 aromatic rings. The SMILES string of the molecule is CC(C)OCC1CN(C(CO)Cc2cc(Cl)cc(C#N)c2)CC1C. The first-order valence-corrected chi connectivity index (χ1v) is 8.96. The molecule has 0 bridgehead atoms. The Balaban J connectivity index is 2.02. The fraction of sp³-hybridized carbons (Fsp3) is 0.632. The minimum atomic E-state index is 0.0431. The second kappa shape index (κ2) is 8.82. The third-order valence-electron chi connectivity index (χ3n) is 4.73. The van der Waals surface area contributed by atoms with E-state index in [-0.39, 0.29) is 18.8 Å². The molecular weight excluding hydrogens is 324 g/mol. The van der Waals surface area contributed by atoms with E-state index in [1.54, 1.807) is 6.07 Å². The van der Waals surface area contributed by atoms with Crippen LogP contribution in [-0.4, -0.2) is 48.5 Å². The Labute approximate surface area is 150 Å².